The van der Waals surface area contributed by atoms with Crippen LogP contribution in [0.3, 0.4) is 0 Å². The van der Waals surface area contributed by atoms with E-state index in [0.717, 1.165) is 24.1 Å². The van der Waals surface area contributed by atoms with Crippen LogP contribution in [0.2, 0.25) is 0 Å². The summed E-state index contributed by atoms with van der Waals surface area (Å²) in [5.41, 5.74) is 9.57. The van der Waals surface area contributed by atoms with Gasteiger partial charge in [-0.15, -0.1) is 0 Å². The quantitative estimate of drug-likeness (QED) is 0.384. The van der Waals surface area contributed by atoms with Crippen LogP contribution in [0.1, 0.15) is 29.2 Å². The maximum atomic E-state index is 12.6. The summed E-state index contributed by atoms with van der Waals surface area (Å²) >= 11 is 0. The molecule has 2 aromatic carbocycles. The summed E-state index contributed by atoms with van der Waals surface area (Å²) in [7, 11) is 0. The smallest absolute Gasteiger partial charge is 0.255 e. The Morgan fingerprint density at radius 2 is 1.79 bits per heavy atom. The number of hydrogen-bond acceptors (Lipinski definition) is 6. The Kier molecular flexibility index (Phi) is 5.51. The van der Waals surface area contributed by atoms with Crippen LogP contribution in [0.15, 0.2) is 73.6 Å². The third-order valence-electron chi connectivity index (χ3n) is 5.96. The molecular formula is C25H23N7O2. The standard InChI is InChI=1S/C25H23N7O2/c1-2-20(33)29-18-12-19(13-18)32-24-21(23(26)27-14-28-24)22(31-32)15-8-10-16(11-9-15)25(34)30-17-6-4-3-5-7-17/h2-11,14,18-19H,1,12-13H2,(H,29,33)(H,30,34)(H2,26,27,28). The first-order valence-corrected chi connectivity index (χ1v) is 10.9. The first kappa shape index (κ1) is 21.3. The van der Waals surface area contributed by atoms with Crippen molar-refractivity contribution in [2.24, 2.45) is 0 Å². The van der Waals surface area contributed by atoms with Crippen molar-refractivity contribution in [3.63, 3.8) is 0 Å². The Morgan fingerprint density at radius 1 is 1.06 bits per heavy atom. The van der Waals surface area contributed by atoms with Crippen molar-refractivity contribution in [1.29, 1.82) is 0 Å². The summed E-state index contributed by atoms with van der Waals surface area (Å²) in [6.07, 6.45) is 4.16. The number of anilines is 2. The highest BCUT2D eigenvalue weighted by Crippen LogP contribution is 2.38. The number of carbonyl (C=O) groups excluding carboxylic acids is 2. The molecule has 0 saturated heterocycles. The highest BCUT2D eigenvalue weighted by Gasteiger charge is 2.34. The summed E-state index contributed by atoms with van der Waals surface area (Å²) in [6, 6.07) is 16.6. The predicted molar refractivity (Wildman–Crippen MR) is 130 cm³/mol. The highest BCUT2D eigenvalue weighted by atomic mass is 16.2. The number of amides is 2. The molecule has 2 aromatic heterocycles. The molecule has 5 rings (SSSR count). The van der Waals surface area contributed by atoms with Gasteiger partial charge in [0.05, 0.1) is 11.4 Å². The van der Waals surface area contributed by atoms with Gasteiger partial charge in [0.1, 0.15) is 17.8 Å². The van der Waals surface area contributed by atoms with E-state index in [1.54, 1.807) is 12.1 Å². The lowest BCUT2D eigenvalue weighted by Crippen LogP contribution is -2.44. The molecule has 1 aliphatic rings. The molecule has 0 unspecified atom stereocenters. The van der Waals surface area contributed by atoms with Gasteiger partial charge in [0, 0.05) is 22.9 Å². The van der Waals surface area contributed by atoms with Crippen LogP contribution in [0.4, 0.5) is 11.5 Å². The number of para-hydroxylation sites is 1. The van der Waals surface area contributed by atoms with Gasteiger partial charge < -0.3 is 16.4 Å². The number of rotatable bonds is 6. The summed E-state index contributed by atoms with van der Waals surface area (Å²) in [4.78, 5) is 32.7. The van der Waals surface area contributed by atoms with Gasteiger partial charge >= 0.3 is 0 Å². The minimum Gasteiger partial charge on any atom is -0.383 e. The second-order valence-corrected chi connectivity index (χ2v) is 8.18. The lowest BCUT2D eigenvalue weighted by molar-refractivity contribution is -0.117. The molecule has 0 atom stereocenters. The van der Waals surface area contributed by atoms with E-state index < -0.39 is 0 Å². The lowest BCUT2D eigenvalue weighted by atomic mass is 9.87. The molecule has 4 aromatic rings. The largest absolute Gasteiger partial charge is 0.383 e. The molecule has 34 heavy (non-hydrogen) atoms. The molecule has 2 heterocycles. The van der Waals surface area contributed by atoms with Crippen LogP contribution in [0.25, 0.3) is 22.3 Å². The molecule has 0 radical (unpaired) electrons. The van der Waals surface area contributed by atoms with Gasteiger partial charge in [-0.05, 0) is 43.2 Å². The first-order valence-electron chi connectivity index (χ1n) is 10.9. The van der Waals surface area contributed by atoms with E-state index in [-0.39, 0.29) is 23.9 Å². The molecule has 2 amide bonds. The van der Waals surface area contributed by atoms with Crippen molar-refractivity contribution in [1.82, 2.24) is 25.1 Å². The summed E-state index contributed by atoms with van der Waals surface area (Å²) in [5, 5.41) is 11.3. The van der Waals surface area contributed by atoms with E-state index >= 15 is 0 Å². The summed E-state index contributed by atoms with van der Waals surface area (Å²) < 4.78 is 1.86. The molecule has 0 bridgehead atoms. The van der Waals surface area contributed by atoms with Gasteiger partial charge in [0.15, 0.2) is 5.65 Å². The van der Waals surface area contributed by atoms with E-state index in [0.29, 0.717) is 28.1 Å². The Hall–Kier alpha value is -4.53. The zero-order chi connectivity index (χ0) is 23.7. The molecule has 0 spiro atoms. The van der Waals surface area contributed by atoms with Crippen LogP contribution >= 0.6 is 0 Å². The molecule has 0 aliphatic heterocycles. The number of nitrogens with one attached hydrogen (secondary N) is 2. The lowest BCUT2D eigenvalue weighted by Gasteiger charge is -2.35. The topological polar surface area (TPSA) is 128 Å². The van der Waals surface area contributed by atoms with Crippen LogP contribution in [-0.2, 0) is 4.79 Å². The van der Waals surface area contributed by atoms with Gasteiger partial charge in [-0.3, -0.25) is 9.59 Å². The maximum Gasteiger partial charge on any atom is 0.255 e. The highest BCUT2D eigenvalue weighted by molar-refractivity contribution is 6.05. The van der Waals surface area contributed by atoms with Crippen LogP contribution in [-0.4, -0.2) is 37.6 Å². The van der Waals surface area contributed by atoms with Crippen molar-refractivity contribution < 1.29 is 9.59 Å². The van der Waals surface area contributed by atoms with E-state index in [1.807, 2.05) is 47.1 Å². The molecule has 1 fully saturated rings. The Balaban J connectivity index is 1.41. The Morgan fingerprint density at radius 3 is 2.50 bits per heavy atom. The number of carbonyl (C=O) groups is 2. The molecule has 1 saturated carbocycles. The number of fused-ring (bicyclic) bond motifs is 1. The van der Waals surface area contributed by atoms with Crippen molar-refractivity contribution in [3.8, 4) is 11.3 Å². The minimum absolute atomic E-state index is 0.0693. The SMILES string of the molecule is C=CC(=O)NC1CC(n2nc(-c3ccc(C(=O)Nc4ccccc4)cc3)c3c(N)ncnc32)C1. The van der Waals surface area contributed by atoms with Crippen LogP contribution in [0.5, 0.6) is 0 Å². The van der Waals surface area contributed by atoms with Gasteiger partial charge in [0.2, 0.25) is 5.91 Å². The summed E-state index contributed by atoms with van der Waals surface area (Å²) in [5.74, 6) is -0.0385. The third-order valence-corrected chi connectivity index (χ3v) is 5.96. The molecule has 9 nitrogen and oxygen atoms in total. The maximum absolute atomic E-state index is 12.6. The first-order chi connectivity index (χ1) is 16.5. The molecule has 4 N–H and O–H groups in total. The Labute approximate surface area is 195 Å². The molecular weight excluding hydrogens is 430 g/mol. The number of nitrogens with zero attached hydrogens (tertiary/aromatic N) is 4. The van der Waals surface area contributed by atoms with E-state index in [2.05, 4.69) is 27.2 Å². The van der Waals surface area contributed by atoms with Crippen molar-refractivity contribution in [2.45, 2.75) is 24.9 Å². The fourth-order valence-corrected chi connectivity index (χ4v) is 4.12. The van der Waals surface area contributed by atoms with E-state index in [4.69, 9.17) is 10.8 Å². The fourth-order valence-electron chi connectivity index (χ4n) is 4.12. The van der Waals surface area contributed by atoms with Gasteiger partial charge in [-0.2, -0.15) is 5.10 Å². The van der Waals surface area contributed by atoms with Crippen molar-refractivity contribution >= 4 is 34.4 Å². The monoisotopic (exact) mass is 453 g/mol. The number of hydrogen-bond donors (Lipinski definition) is 3. The molecule has 170 valence electrons. The number of nitrogen functional groups attached to an aromatic ring is 1. The van der Waals surface area contributed by atoms with E-state index in [9.17, 15) is 9.59 Å². The molecule has 9 heteroatoms. The summed E-state index contributed by atoms with van der Waals surface area (Å²) in [6.45, 7) is 3.49. The normalized spacial score (nSPS) is 17.1. The van der Waals surface area contributed by atoms with Crippen LogP contribution in [0, 0.1) is 0 Å². The number of aromatic nitrogens is 4. The van der Waals surface area contributed by atoms with E-state index in [1.165, 1.54) is 12.4 Å². The number of benzene rings is 2. The minimum atomic E-state index is -0.196. The van der Waals surface area contributed by atoms with Crippen LogP contribution < -0.4 is 16.4 Å². The zero-order valence-corrected chi connectivity index (χ0v) is 18.3. The average molecular weight is 454 g/mol. The van der Waals surface area contributed by atoms with Crippen molar-refractivity contribution in [3.05, 3.63) is 79.1 Å². The molecule has 1 aliphatic carbocycles. The van der Waals surface area contributed by atoms with Gasteiger partial charge in [-0.25, -0.2) is 14.6 Å². The second-order valence-electron chi connectivity index (χ2n) is 8.18. The third kappa shape index (κ3) is 3.99. The number of nitrogens with two attached hydrogens (primary N) is 1. The average Bonchev–Trinajstić information content (AvgIpc) is 3.22. The fraction of sp³-hybridized carbons (Fsp3) is 0.160. The predicted octanol–water partition coefficient (Wildman–Crippen LogP) is 3.33. The van der Waals surface area contributed by atoms with Gasteiger partial charge in [0.25, 0.3) is 5.91 Å². The zero-order valence-electron chi connectivity index (χ0n) is 18.3. The second kappa shape index (κ2) is 8.78. The van der Waals surface area contributed by atoms with Crippen molar-refractivity contribution in [2.75, 3.05) is 11.1 Å². The van der Waals surface area contributed by atoms with Gasteiger partial charge in [-0.1, -0.05) is 36.9 Å². The Bertz CT molecular complexity index is 1370.